The summed E-state index contributed by atoms with van der Waals surface area (Å²) in [6.45, 7) is 3.05. The molecule has 0 aromatic heterocycles. The second kappa shape index (κ2) is 8.33. The van der Waals surface area contributed by atoms with E-state index in [1.807, 2.05) is 6.92 Å². The minimum absolute atomic E-state index is 0.0445. The Morgan fingerprint density at radius 3 is 2.62 bits per heavy atom. The van der Waals surface area contributed by atoms with Gasteiger partial charge < -0.3 is 9.47 Å². The van der Waals surface area contributed by atoms with Crippen LogP contribution in [-0.4, -0.2) is 34.2 Å². The highest BCUT2D eigenvalue weighted by molar-refractivity contribution is 7.89. The SMILES string of the molecule is CCCCOCCOC(=O)c1ccc(Cl)c(S(N)(=O)=O)c1. The number of carbonyl (C=O) groups excluding carboxylic acids is 1. The van der Waals surface area contributed by atoms with Gasteiger partial charge in [0.15, 0.2) is 0 Å². The van der Waals surface area contributed by atoms with Gasteiger partial charge in [-0.15, -0.1) is 0 Å². The Morgan fingerprint density at radius 2 is 2.00 bits per heavy atom. The maximum atomic E-state index is 11.8. The van der Waals surface area contributed by atoms with Gasteiger partial charge in [0.2, 0.25) is 10.0 Å². The van der Waals surface area contributed by atoms with Crippen molar-refractivity contribution in [2.45, 2.75) is 24.7 Å². The van der Waals surface area contributed by atoms with Crippen molar-refractivity contribution in [1.29, 1.82) is 0 Å². The molecule has 1 aromatic carbocycles. The summed E-state index contributed by atoms with van der Waals surface area (Å²) in [6.07, 6.45) is 1.98. The van der Waals surface area contributed by atoms with E-state index in [0.29, 0.717) is 13.2 Å². The fraction of sp³-hybridized carbons (Fsp3) is 0.462. The van der Waals surface area contributed by atoms with E-state index in [4.69, 9.17) is 26.2 Å². The summed E-state index contributed by atoms with van der Waals surface area (Å²) in [5, 5.41) is 4.97. The van der Waals surface area contributed by atoms with Crippen molar-refractivity contribution in [3.05, 3.63) is 28.8 Å². The molecule has 0 bridgehead atoms. The van der Waals surface area contributed by atoms with Crippen LogP contribution in [0.3, 0.4) is 0 Å². The number of esters is 1. The third kappa shape index (κ3) is 6.01. The van der Waals surface area contributed by atoms with E-state index in [1.54, 1.807) is 0 Å². The first kappa shape index (κ1) is 17.9. The minimum atomic E-state index is -3.99. The van der Waals surface area contributed by atoms with E-state index in [-0.39, 0.29) is 22.1 Å². The van der Waals surface area contributed by atoms with Crippen molar-refractivity contribution in [2.24, 2.45) is 5.14 Å². The van der Waals surface area contributed by atoms with Gasteiger partial charge in [-0.2, -0.15) is 0 Å². The highest BCUT2D eigenvalue weighted by Crippen LogP contribution is 2.21. The molecule has 8 heteroatoms. The number of primary sulfonamides is 1. The van der Waals surface area contributed by atoms with Crippen molar-refractivity contribution in [3.63, 3.8) is 0 Å². The van der Waals surface area contributed by atoms with Crippen LogP contribution in [-0.2, 0) is 19.5 Å². The van der Waals surface area contributed by atoms with Crippen molar-refractivity contribution < 1.29 is 22.7 Å². The van der Waals surface area contributed by atoms with E-state index in [1.165, 1.54) is 12.1 Å². The molecule has 21 heavy (non-hydrogen) atoms. The highest BCUT2D eigenvalue weighted by atomic mass is 35.5. The Hall–Kier alpha value is -1.15. The molecule has 6 nitrogen and oxygen atoms in total. The molecule has 1 rings (SSSR count). The quantitative estimate of drug-likeness (QED) is 0.578. The molecular formula is C13H18ClNO5S. The number of hydrogen-bond acceptors (Lipinski definition) is 5. The lowest BCUT2D eigenvalue weighted by molar-refractivity contribution is 0.0313. The van der Waals surface area contributed by atoms with Gasteiger partial charge in [0.25, 0.3) is 0 Å². The first-order chi connectivity index (χ1) is 9.86. The maximum Gasteiger partial charge on any atom is 0.338 e. The predicted molar refractivity (Wildman–Crippen MR) is 78.8 cm³/mol. The van der Waals surface area contributed by atoms with Gasteiger partial charge in [-0.05, 0) is 24.6 Å². The molecule has 0 spiro atoms. The van der Waals surface area contributed by atoms with E-state index in [0.717, 1.165) is 18.9 Å². The summed E-state index contributed by atoms with van der Waals surface area (Å²) < 4.78 is 32.8. The third-order valence-electron chi connectivity index (χ3n) is 2.58. The van der Waals surface area contributed by atoms with Crippen LogP contribution >= 0.6 is 11.6 Å². The number of hydrogen-bond donors (Lipinski definition) is 1. The number of unbranched alkanes of at least 4 members (excludes halogenated alkanes) is 1. The van der Waals surface area contributed by atoms with Gasteiger partial charge in [0, 0.05) is 6.61 Å². The zero-order valence-corrected chi connectivity index (χ0v) is 13.2. The largest absolute Gasteiger partial charge is 0.460 e. The van der Waals surface area contributed by atoms with Crippen LogP contribution in [0.1, 0.15) is 30.1 Å². The predicted octanol–water partition coefficient (Wildman–Crippen LogP) is 1.96. The van der Waals surface area contributed by atoms with Gasteiger partial charge in [-0.3, -0.25) is 0 Å². The molecular weight excluding hydrogens is 318 g/mol. The van der Waals surface area contributed by atoms with Crippen LogP contribution in [0.15, 0.2) is 23.1 Å². The molecule has 118 valence electrons. The molecule has 0 heterocycles. The molecule has 0 atom stereocenters. The normalized spacial score (nSPS) is 11.4. The third-order valence-corrected chi connectivity index (χ3v) is 3.97. The van der Waals surface area contributed by atoms with Crippen LogP contribution in [0, 0.1) is 0 Å². The van der Waals surface area contributed by atoms with Crippen molar-refractivity contribution in [2.75, 3.05) is 19.8 Å². The Bertz CT molecular complexity index is 588. The molecule has 0 aliphatic rings. The molecule has 0 saturated carbocycles. The number of ether oxygens (including phenoxy) is 2. The monoisotopic (exact) mass is 335 g/mol. The number of rotatable bonds is 8. The minimum Gasteiger partial charge on any atom is -0.460 e. The summed E-state index contributed by atoms with van der Waals surface area (Å²) in [5.41, 5.74) is 0.0667. The van der Waals surface area contributed by atoms with Gasteiger partial charge in [-0.25, -0.2) is 18.4 Å². The molecule has 0 saturated heterocycles. The lowest BCUT2D eigenvalue weighted by Crippen LogP contribution is -2.15. The van der Waals surface area contributed by atoms with Crippen molar-refractivity contribution >= 4 is 27.6 Å². The van der Waals surface area contributed by atoms with Crippen LogP contribution in [0.2, 0.25) is 5.02 Å². The van der Waals surface area contributed by atoms with Crippen molar-refractivity contribution in [1.82, 2.24) is 0 Å². The highest BCUT2D eigenvalue weighted by Gasteiger charge is 2.17. The second-order valence-electron chi connectivity index (χ2n) is 4.29. The summed E-state index contributed by atoms with van der Waals surface area (Å²) in [5.74, 6) is -0.657. The first-order valence-corrected chi connectivity index (χ1v) is 8.36. The molecule has 0 radical (unpaired) electrons. The number of nitrogens with two attached hydrogens (primary N) is 1. The molecule has 0 fully saturated rings. The Balaban J connectivity index is 2.59. The van der Waals surface area contributed by atoms with Crippen LogP contribution in [0.4, 0.5) is 0 Å². The lowest BCUT2D eigenvalue weighted by atomic mass is 10.2. The fourth-order valence-corrected chi connectivity index (χ4v) is 2.54. The number of carbonyl (C=O) groups is 1. The van der Waals surface area contributed by atoms with Gasteiger partial charge in [0.05, 0.1) is 17.2 Å². The molecule has 0 aliphatic carbocycles. The zero-order valence-electron chi connectivity index (χ0n) is 11.7. The summed E-state index contributed by atoms with van der Waals surface area (Å²) in [7, 11) is -3.99. The molecule has 1 aromatic rings. The molecule has 2 N–H and O–H groups in total. The van der Waals surface area contributed by atoms with E-state index >= 15 is 0 Å². The average molecular weight is 336 g/mol. The lowest BCUT2D eigenvalue weighted by Gasteiger charge is -2.07. The average Bonchev–Trinajstić information content (AvgIpc) is 2.41. The summed E-state index contributed by atoms with van der Waals surface area (Å²) in [6, 6.07) is 3.75. The van der Waals surface area contributed by atoms with E-state index < -0.39 is 16.0 Å². The summed E-state index contributed by atoms with van der Waals surface area (Å²) in [4.78, 5) is 11.5. The Labute approximate surface area is 129 Å². The standard InChI is InChI=1S/C13H18ClNO5S/c1-2-3-6-19-7-8-20-13(16)10-4-5-11(14)12(9-10)21(15,17)18/h4-5,9H,2-3,6-8H2,1H3,(H2,15,17,18). The fourth-order valence-electron chi connectivity index (χ4n) is 1.47. The second-order valence-corrected chi connectivity index (χ2v) is 6.23. The Kier molecular flexibility index (Phi) is 7.10. The number of halogens is 1. The first-order valence-electron chi connectivity index (χ1n) is 6.43. The van der Waals surface area contributed by atoms with E-state index in [2.05, 4.69) is 0 Å². The van der Waals surface area contributed by atoms with Crippen molar-refractivity contribution in [3.8, 4) is 0 Å². The topological polar surface area (TPSA) is 95.7 Å². The van der Waals surface area contributed by atoms with Crippen LogP contribution < -0.4 is 5.14 Å². The smallest absolute Gasteiger partial charge is 0.338 e. The van der Waals surface area contributed by atoms with Gasteiger partial charge in [-0.1, -0.05) is 24.9 Å². The van der Waals surface area contributed by atoms with Crippen LogP contribution in [0.5, 0.6) is 0 Å². The van der Waals surface area contributed by atoms with Gasteiger partial charge in [0.1, 0.15) is 11.5 Å². The summed E-state index contributed by atoms with van der Waals surface area (Å²) >= 11 is 5.73. The van der Waals surface area contributed by atoms with Crippen LogP contribution in [0.25, 0.3) is 0 Å². The number of sulfonamides is 1. The Morgan fingerprint density at radius 1 is 1.29 bits per heavy atom. The molecule has 0 amide bonds. The molecule has 0 aliphatic heterocycles. The zero-order chi connectivity index (χ0) is 15.9. The number of benzene rings is 1. The maximum absolute atomic E-state index is 11.8. The molecule has 0 unspecified atom stereocenters. The van der Waals surface area contributed by atoms with E-state index in [9.17, 15) is 13.2 Å². The van der Waals surface area contributed by atoms with Gasteiger partial charge >= 0.3 is 5.97 Å².